The average Bonchev–Trinajstić information content (AvgIpc) is 3.08. The minimum Gasteiger partial charge on any atom is -0.493 e. The second-order valence-electron chi connectivity index (χ2n) is 6.56. The van der Waals surface area contributed by atoms with Gasteiger partial charge in [0.25, 0.3) is 0 Å². The van der Waals surface area contributed by atoms with Gasteiger partial charge in [0.05, 0.1) is 19.2 Å². The molecule has 0 aliphatic carbocycles. The highest BCUT2D eigenvalue weighted by atomic mass is 35.5. The molecule has 8 nitrogen and oxygen atoms in total. The zero-order valence-electron chi connectivity index (χ0n) is 14.9. The number of carbonyl (C=O) groups excluding carboxylic acids is 2. The molecule has 0 radical (unpaired) electrons. The predicted molar refractivity (Wildman–Crippen MR) is 101 cm³/mol. The molecule has 3 rings (SSSR count). The Bertz CT molecular complexity index is 712. The van der Waals surface area contributed by atoms with Crippen molar-refractivity contribution >= 4 is 35.9 Å². The number of rotatable bonds is 6. The van der Waals surface area contributed by atoms with Gasteiger partial charge >= 0.3 is 5.97 Å². The van der Waals surface area contributed by atoms with Gasteiger partial charge in [-0.15, -0.1) is 12.4 Å². The third-order valence-corrected chi connectivity index (χ3v) is 4.66. The Hall–Kier alpha value is -2.32. The van der Waals surface area contributed by atoms with Gasteiger partial charge in [-0.25, -0.2) is 0 Å². The molecule has 1 unspecified atom stereocenters. The van der Waals surface area contributed by atoms with Crippen LogP contribution in [0.3, 0.4) is 0 Å². The summed E-state index contributed by atoms with van der Waals surface area (Å²) < 4.78 is 5.47. The van der Waals surface area contributed by atoms with Crippen molar-refractivity contribution in [3.05, 3.63) is 23.8 Å². The van der Waals surface area contributed by atoms with E-state index in [1.807, 2.05) is 23.1 Å². The number of nitrogens with zero attached hydrogens (tertiary/aromatic N) is 1. The monoisotopic (exact) mass is 397 g/mol. The Morgan fingerprint density at radius 1 is 1.26 bits per heavy atom. The number of piperidine rings is 1. The molecule has 1 aromatic carbocycles. The zero-order valence-corrected chi connectivity index (χ0v) is 15.7. The van der Waals surface area contributed by atoms with E-state index in [-0.39, 0.29) is 30.8 Å². The third kappa shape index (κ3) is 5.58. The second kappa shape index (κ2) is 9.57. The number of anilines is 1. The van der Waals surface area contributed by atoms with Crippen LogP contribution in [-0.4, -0.2) is 60.1 Å². The third-order valence-electron chi connectivity index (χ3n) is 4.66. The Balaban J connectivity index is 0.00000261. The Morgan fingerprint density at radius 3 is 2.85 bits per heavy atom. The van der Waals surface area contributed by atoms with Crippen LogP contribution in [0.1, 0.15) is 24.8 Å². The number of benzene rings is 1. The van der Waals surface area contributed by atoms with E-state index in [1.54, 1.807) is 0 Å². The number of carbonyl (C=O) groups is 3. The lowest BCUT2D eigenvalue weighted by atomic mass is 10.0. The van der Waals surface area contributed by atoms with E-state index in [1.165, 1.54) is 0 Å². The lowest BCUT2D eigenvalue weighted by molar-refractivity contribution is -0.138. The largest absolute Gasteiger partial charge is 0.493 e. The highest BCUT2D eigenvalue weighted by Crippen LogP contribution is 2.28. The smallest absolute Gasteiger partial charge is 0.322 e. The molecule has 9 heteroatoms. The molecule has 3 N–H and O–H groups in total. The van der Waals surface area contributed by atoms with E-state index >= 15 is 0 Å². The molecule has 0 aromatic heterocycles. The fraction of sp³-hybridized carbons (Fsp3) is 0.500. The minimum atomic E-state index is -1.09. The molecule has 2 heterocycles. The van der Waals surface area contributed by atoms with E-state index in [4.69, 9.17) is 9.84 Å². The number of carboxylic acids is 1. The maximum Gasteiger partial charge on any atom is 0.322 e. The number of hydrogen-bond acceptors (Lipinski definition) is 5. The van der Waals surface area contributed by atoms with Crippen molar-refractivity contribution in [2.45, 2.75) is 31.7 Å². The molecule has 27 heavy (non-hydrogen) atoms. The summed E-state index contributed by atoms with van der Waals surface area (Å²) in [5.74, 6) is -0.763. The Kier molecular flexibility index (Phi) is 7.44. The number of fused-ring (bicyclic) bond motifs is 1. The number of aliphatic carboxylic acids is 1. The summed E-state index contributed by atoms with van der Waals surface area (Å²) >= 11 is 0. The van der Waals surface area contributed by atoms with Crippen LogP contribution in [0.2, 0.25) is 0 Å². The van der Waals surface area contributed by atoms with E-state index in [0.29, 0.717) is 19.6 Å². The van der Waals surface area contributed by atoms with Crippen LogP contribution in [0.4, 0.5) is 5.69 Å². The van der Waals surface area contributed by atoms with Crippen molar-refractivity contribution in [3.8, 4) is 5.75 Å². The lowest BCUT2D eigenvalue weighted by Gasteiger charge is -2.34. The van der Waals surface area contributed by atoms with Crippen LogP contribution in [0.25, 0.3) is 0 Å². The number of hydrogen-bond donors (Lipinski definition) is 3. The van der Waals surface area contributed by atoms with Gasteiger partial charge in [0.1, 0.15) is 12.3 Å². The quantitative estimate of drug-likeness (QED) is 0.662. The minimum absolute atomic E-state index is 0. The van der Waals surface area contributed by atoms with Crippen LogP contribution in [0, 0.1) is 0 Å². The van der Waals surface area contributed by atoms with Gasteiger partial charge in [0.15, 0.2) is 0 Å². The van der Waals surface area contributed by atoms with Crippen molar-refractivity contribution in [2.24, 2.45) is 0 Å². The maximum atomic E-state index is 12.7. The summed E-state index contributed by atoms with van der Waals surface area (Å²) in [6, 6.07) is 5.20. The molecule has 0 spiro atoms. The van der Waals surface area contributed by atoms with Crippen LogP contribution in [0.15, 0.2) is 18.2 Å². The normalized spacial score (nSPS) is 18.6. The number of amides is 2. The molecule has 0 saturated carbocycles. The first-order valence-corrected chi connectivity index (χ1v) is 8.82. The Morgan fingerprint density at radius 2 is 2.07 bits per heavy atom. The molecule has 1 saturated heterocycles. The molecule has 1 fully saturated rings. The van der Waals surface area contributed by atoms with Gasteiger partial charge < -0.3 is 20.5 Å². The van der Waals surface area contributed by atoms with Gasteiger partial charge in [0.2, 0.25) is 11.8 Å². The molecule has 1 aromatic rings. The van der Waals surface area contributed by atoms with E-state index < -0.39 is 18.6 Å². The number of ether oxygens (including phenoxy) is 1. The standard InChI is InChI=1S/C18H23N3O5.ClH/c22-16(19-10-17(23)24)11-21-7-2-1-3-14(21)18(25)20-13-4-5-15-12(9-13)6-8-26-15;/h4-5,9,14H,1-3,6-8,10-11H2,(H,19,22)(H,20,25)(H,23,24);1H. The fourth-order valence-electron chi connectivity index (χ4n) is 3.38. The number of likely N-dealkylation sites (tertiary alicyclic amines) is 1. The van der Waals surface area contributed by atoms with Gasteiger partial charge in [0, 0.05) is 12.1 Å². The van der Waals surface area contributed by atoms with Crippen molar-refractivity contribution in [1.82, 2.24) is 10.2 Å². The second-order valence-corrected chi connectivity index (χ2v) is 6.56. The Labute approximate surface area is 163 Å². The van der Waals surface area contributed by atoms with Crippen LogP contribution in [0.5, 0.6) is 5.75 Å². The van der Waals surface area contributed by atoms with Gasteiger partial charge in [-0.3, -0.25) is 19.3 Å². The van der Waals surface area contributed by atoms with Crippen molar-refractivity contribution < 1.29 is 24.2 Å². The molecule has 148 valence electrons. The van der Waals surface area contributed by atoms with Gasteiger partial charge in [-0.2, -0.15) is 0 Å². The maximum absolute atomic E-state index is 12.7. The highest BCUT2D eigenvalue weighted by Gasteiger charge is 2.30. The first-order valence-electron chi connectivity index (χ1n) is 8.82. The van der Waals surface area contributed by atoms with Gasteiger partial charge in [-0.1, -0.05) is 6.42 Å². The summed E-state index contributed by atoms with van der Waals surface area (Å²) in [4.78, 5) is 37.0. The molecule has 2 amide bonds. The molecule has 2 aliphatic rings. The molecule has 0 bridgehead atoms. The zero-order chi connectivity index (χ0) is 18.5. The van der Waals surface area contributed by atoms with E-state index in [2.05, 4.69) is 10.6 Å². The van der Waals surface area contributed by atoms with E-state index in [0.717, 1.165) is 36.3 Å². The van der Waals surface area contributed by atoms with Crippen LogP contribution < -0.4 is 15.4 Å². The molecular formula is C18H24ClN3O5. The summed E-state index contributed by atoms with van der Waals surface area (Å²) in [6.45, 7) is 0.898. The number of halogens is 1. The first kappa shape index (κ1) is 21.0. The number of nitrogens with one attached hydrogen (secondary N) is 2. The molecule has 2 aliphatic heterocycles. The molecule has 1 atom stereocenters. The number of carboxylic acid groups (broad SMARTS) is 1. The summed E-state index contributed by atoms with van der Waals surface area (Å²) in [7, 11) is 0. The summed E-state index contributed by atoms with van der Waals surface area (Å²) in [5, 5.41) is 13.9. The average molecular weight is 398 g/mol. The first-order chi connectivity index (χ1) is 12.5. The summed E-state index contributed by atoms with van der Waals surface area (Å²) in [5.41, 5.74) is 1.80. The van der Waals surface area contributed by atoms with Crippen LogP contribution >= 0.6 is 12.4 Å². The lowest BCUT2D eigenvalue weighted by Crippen LogP contribution is -2.51. The topological polar surface area (TPSA) is 108 Å². The SMILES string of the molecule is Cl.O=C(O)CNC(=O)CN1CCCCC1C(=O)Nc1ccc2c(c1)CCO2. The van der Waals surface area contributed by atoms with Crippen molar-refractivity contribution in [1.29, 1.82) is 0 Å². The fourth-order valence-corrected chi connectivity index (χ4v) is 3.38. The van der Waals surface area contributed by atoms with E-state index in [9.17, 15) is 14.4 Å². The molecular weight excluding hydrogens is 374 g/mol. The predicted octanol–water partition coefficient (Wildman–Crippen LogP) is 1.04. The summed E-state index contributed by atoms with van der Waals surface area (Å²) in [6.07, 6.45) is 3.33. The van der Waals surface area contributed by atoms with Crippen LogP contribution in [-0.2, 0) is 20.8 Å². The van der Waals surface area contributed by atoms with Gasteiger partial charge in [-0.05, 0) is 43.1 Å². The highest BCUT2D eigenvalue weighted by molar-refractivity contribution is 5.95. The van der Waals surface area contributed by atoms with Crippen molar-refractivity contribution in [2.75, 3.05) is 31.6 Å². The van der Waals surface area contributed by atoms with Crippen molar-refractivity contribution in [3.63, 3.8) is 0 Å².